The van der Waals surface area contributed by atoms with Crippen LogP contribution in [0.1, 0.15) is 38.9 Å². The number of amides is 1. The first-order valence-electron chi connectivity index (χ1n) is 8.26. The minimum absolute atomic E-state index is 0.0420. The molecule has 0 aromatic heterocycles. The first kappa shape index (κ1) is 18.0. The van der Waals surface area contributed by atoms with E-state index in [-0.39, 0.29) is 24.3 Å². The Balaban J connectivity index is 2.06. The number of hydrogen-bond donors (Lipinski definition) is 2. The third kappa shape index (κ3) is 5.10. The summed E-state index contributed by atoms with van der Waals surface area (Å²) in [5.74, 6) is 0.432. The van der Waals surface area contributed by atoms with E-state index in [2.05, 4.69) is 5.32 Å². The SMILES string of the molecule is CC(Oc1ccccc1NC(=O)CC(O)C(C)C)c1ccccc1. The van der Waals surface area contributed by atoms with Crippen molar-refractivity contribution in [2.75, 3.05) is 5.32 Å². The van der Waals surface area contributed by atoms with Crippen LogP contribution in [0.2, 0.25) is 0 Å². The summed E-state index contributed by atoms with van der Waals surface area (Å²) in [6, 6.07) is 17.2. The summed E-state index contributed by atoms with van der Waals surface area (Å²) in [4.78, 5) is 12.1. The molecule has 2 atom stereocenters. The number of carbonyl (C=O) groups is 1. The standard InChI is InChI=1S/C20H25NO3/c1-14(2)18(22)13-20(23)21-17-11-7-8-12-19(17)24-15(3)16-9-5-4-6-10-16/h4-12,14-15,18,22H,13H2,1-3H3,(H,21,23). The number of nitrogens with one attached hydrogen (secondary N) is 1. The molecule has 0 aliphatic carbocycles. The topological polar surface area (TPSA) is 58.6 Å². The molecule has 0 aliphatic rings. The lowest BCUT2D eigenvalue weighted by atomic mass is 10.0. The molecule has 2 aromatic carbocycles. The van der Waals surface area contributed by atoms with Crippen LogP contribution in [-0.2, 0) is 4.79 Å². The van der Waals surface area contributed by atoms with Crippen LogP contribution in [0.3, 0.4) is 0 Å². The normalized spacial score (nSPS) is 13.4. The van der Waals surface area contributed by atoms with E-state index < -0.39 is 6.10 Å². The maximum Gasteiger partial charge on any atom is 0.227 e. The Morgan fingerprint density at radius 3 is 2.33 bits per heavy atom. The lowest BCUT2D eigenvalue weighted by molar-refractivity contribution is -0.118. The van der Waals surface area contributed by atoms with E-state index in [1.165, 1.54) is 0 Å². The van der Waals surface area contributed by atoms with Crippen LogP contribution in [0.15, 0.2) is 54.6 Å². The largest absolute Gasteiger partial charge is 0.484 e. The maximum atomic E-state index is 12.1. The second kappa shape index (κ2) is 8.50. The Hall–Kier alpha value is -2.33. The molecule has 0 saturated heterocycles. The molecule has 0 radical (unpaired) electrons. The van der Waals surface area contributed by atoms with Crippen molar-refractivity contribution in [3.8, 4) is 5.75 Å². The van der Waals surface area contributed by atoms with Gasteiger partial charge in [0.15, 0.2) is 0 Å². The van der Waals surface area contributed by atoms with E-state index in [0.717, 1.165) is 5.56 Å². The van der Waals surface area contributed by atoms with Gasteiger partial charge in [-0.05, 0) is 30.5 Å². The number of carbonyl (C=O) groups excluding carboxylic acids is 1. The van der Waals surface area contributed by atoms with Gasteiger partial charge in [-0.2, -0.15) is 0 Å². The van der Waals surface area contributed by atoms with Crippen molar-refractivity contribution in [3.63, 3.8) is 0 Å². The number of anilines is 1. The van der Waals surface area contributed by atoms with Crippen molar-refractivity contribution in [1.82, 2.24) is 0 Å². The number of ether oxygens (including phenoxy) is 1. The van der Waals surface area contributed by atoms with E-state index in [4.69, 9.17) is 4.74 Å². The summed E-state index contributed by atoms with van der Waals surface area (Å²) in [6.45, 7) is 5.74. The Kier molecular flexibility index (Phi) is 6.38. The zero-order valence-electron chi connectivity index (χ0n) is 14.4. The third-order valence-corrected chi connectivity index (χ3v) is 3.90. The quantitative estimate of drug-likeness (QED) is 0.802. The van der Waals surface area contributed by atoms with Gasteiger partial charge in [0.2, 0.25) is 5.91 Å². The lowest BCUT2D eigenvalue weighted by Gasteiger charge is -2.19. The fourth-order valence-electron chi connectivity index (χ4n) is 2.28. The van der Waals surface area contributed by atoms with E-state index >= 15 is 0 Å². The molecule has 0 aliphatic heterocycles. The van der Waals surface area contributed by atoms with E-state index in [9.17, 15) is 9.90 Å². The molecule has 24 heavy (non-hydrogen) atoms. The van der Waals surface area contributed by atoms with Crippen LogP contribution >= 0.6 is 0 Å². The summed E-state index contributed by atoms with van der Waals surface area (Å²) in [6.07, 6.45) is -0.716. The average molecular weight is 327 g/mol. The van der Waals surface area contributed by atoms with Crippen molar-refractivity contribution >= 4 is 11.6 Å². The highest BCUT2D eigenvalue weighted by molar-refractivity contribution is 5.92. The molecule has 2 rings (SSSR count). The maximum absolute atomic E-state index is 12.1. The van der Waals surface area contributed by atoms with Gasteiger partial charge >= 0.3 is 0 Å². The number of aliphatic hydroxyl groups is 1. The smallest absolute Gasteiger partial charge is 0.227 e. The molecule has 0 fully saturated rings. The Labute approximate surface area is 143 Å². The van der Waals surface area contributed by atoms with E-state index in [1.54, 1.807) is 6.07 Å². The highest BCUT2D eigenvalue weighted by Gasteiger charge is 2.16. The van der Waals surface area contributed by atoms with Gasteiger partial charge in [-0.1, -0.05) is 56.3 Å². The molecule has 0 heterocycles. The zero-order chi connectivity index (χ0) is 17.5. The van der Waals surface area contributed by atoms with Crippen LogP contribution in [0.4, 0.5) is 5.69 Å². The molecule has 2 aromatic rings. The van der Waals surface area contributed by atoms with Gasteiger partial charge in [-0.15, -0.1) is 0 Å². The van der Waals surface area contributed by atoms with Gasteiger partial charge in [0, 0.05) is 0 Å². The highest BCUT2D eigenvalue weighted by Crippen LogP contribution is 2.29. The molecule has 0 spiro atoms. The van der Waals surface area contributed by atoms with Crippen molar-refractivity contribution in [2.45, 2.75) is 39.4 Å². The molecular weight excluding hydrogens is 302 g/mol. The van der Waals surface area contributed by atoms with E-state index in [1.807, 2.05) is 69.3 Å². The van der Waals surface area contributed by atoms with Gasteiger partial charge in [0.1, 0.15) is 11.9 Å². The Morgan fingerprint density at radius 1 is 1.04 bits per heavy atom. The molecule has 4 heteroatoms. The molecule has 128 valence electrons. The van der Waals surface area contributed by atoms with Crippen LogP contribution in [0.25, 0.3) is 0 Å². The van der Waals surface area contributed by atoms with Crippen molar-refractivity contribution in [3.05, 3.63) is 60.2 Å². The summed E-state index contributed by atoms with van der Waals surface area (Å²) in [5.41, 5.74) is 1.68. The minimum atomic E-state index is -0.652. The lowest BCUT2D eigenvalue weighted by Crippen LogP contribution is -2.24. The minimum Gasteiger partial charge on any atom is -0.484 e. The molecule has 2 unspecified atom stereocenters. The van der Waals surface area contributed by atoms with Crippen LogP contribution < -0.4 is 10.1 Å². The third-order valence-electron chi connectivity index (χ3n) is 3.90. The average Bonchev–Trinajstić information content (AvgIpc) is 2.57. The number of hydrogen-bond acceptors (Lipinski definition) is 3. The van der Waals surface area contributed by atoms with Crippen molar-refractivity contribution in [2.24, 2.45) is 5.92 Å². The van der Waals surface area contributed by atoms with Gasteiger partial charge in [-0.25, -0.2) is 0 Å². The van der Waals surface area contributed by atoms with Gasteiger partial charge < -0.3 is 15.2 Å². The van der Waals surface area contributed by atoms with Crippen LogP contribution in [0, 0.1) is 5.92 Å². The molecule has 1 amide bonds. The van der Waals surface area contributed by atoms with E-state index in [0.29, 0.717) is 11.4 Å². The zero-order valence-corrected chi connectivity index (χ0v) is 14.4. The highest BCUT2D eigenvalue weighted by atomic mass is 16.5. The monoisotopic (exact) mass is 327 g/mol. The van der Waals surface area contributed by atoms with Gasteiger partial charge in [0.05, 0.1) is 18.2 Å². The Morgan fingerprint density at radius 2 is 1.67 bits per heavy atom. The van der Waals surface area contributed by atoms with Crippen LogP contribution in [0.5, 0.6) is 5.75 Å². The van der Waals surface area contributed by atoms with Crippen molar-refractivity contribution in [1.29, 1.82) is 0 Å². The molecule has 4 nitrogen and oxygen atoms in total. The van der Waals surface area contributed by atoms with Gasteiger partial charge in [0.25, 0.3) is 0 Å². The summed E-state index contributed by atoms with van der Waals surface area (Å²) >= 11 is 0. The van der Waals surface area contributed by atoms with Crippen LogP contribution in [-0.4, -0.2) is 17.1 Å². The second-order valence-corrected chi connectivity index (χ2v) is 6.23. The van der Waals surface area contributed by atoms with Gasteiger partial charge in [-0.3, -0.25) is 4.79 Å². The molecular formula is C20H25NO3. The predicted octanol–water partition coefficient (Wildman–Crippen LogP) is 4.17. The fourth-order valence-corrected chi connectivity index (χ4v) is 2.28. The number of rotatable bonds is 7. The fraction of sp³-hybridized carbons (Fsp3) is 0.350. The summed E-state index contributed by atoms with van der Waals surface area (Å²) < 4.78 is 6.01. The Bertz CT molecular complexity index is 655. The predicted molar refractivity (Wildman–Crippen MR) is 96.0 cm³/mol. The number of para-hydroxylation sites is 2. The summed E-state index contributed by atoms with van der Waals surface area (Å²) in [5, 5.41) is 12.7. The summed E-state index contributed by atoms with van der Waals surface area (Å²) in [7, 11) is 0. The molecule has 2 N–H and O–H groups in total. The number of benzene rings is 2. The molecule has 0 bridgehead atoms. The number of aliphatic hydroxyl groups excluding tert-OH is 1. The molecule has 0 saturated carbocycles. The second-order valence-electron chi connectivity index (χ2n) is 6.23. The first-order valence-corrected chi connectivity index (χ1v) is 8.26. The van der Waals surface area contributed by atoms with Crippen molar-refractivity contribution < 1.29 is 14.6 Å². The first-order chi connectivity index (χ1) is 11.5.